The fraction of sp³-hybridized carbons (Fsp3) is 0.500. The average molecular weight is 304 g/mol. The van der Waals surface area contributed by atoms with Gasteiger partial charge in [0.25, 0.3) is 0 Å². The zero-order chi connectivity index (χ0) is 15.4. The summed E-state index contributed by atoms with van der Waals surface area (Å²) in [5.41, 5.74) is 3.48. The van der Waals surface area contributed by atoms with Crippen LogP contribution in [0.4, 0.5) is 0 Å². The Morgan fingerprint density at radius 3 is 2.62 bits per heavy atom. The zero-order valence-electron chi connectivity index (χ0n) is 13.5. The van der Waals surface area contributed by atoms with Crippen molar-refractivity contribution in [1.29, 1.82) is 0 Å². The van der Waals surface area contributed by atoms with Crippen molar-refractivity contribution < 1.29 is 0 Å². The Kier molecular flexibility index (Phi) is 5.42. The molecule has 0 spiro atoms. The van der Waals surface area contributed by atoms with Crippen molar-refractivity contribution in [3.05, 3.63) is 35.2 Å². The van der Waals surface area contributed by atoms with Crippen molar-refractivity contribution in [2.24, 2.45) is 13.0 Å². The van der Waals surface area contributed by atoms with Gasteiger partial charge in [0, 0.05) is 19.8 Å². The first-order valence-corrected chi connectivity index (χ1v) is 8.12. The minimum atomic E-state index is 0.668. The minimum absolute atomic E-state index is 0.668. The van der Waals surface area contributed by atoms with Crippen LogP contribution in [-0.2, 0) is 13.6 Å². The molecule has 0 aliphatic heterocycles. The highest BCUT2D eigenvalue weighted by molar-refractivity contribution is 7.99. The maximum atomic E-state index is 4.60. The molecule has 2 aromatic heterocycles. The quantitative estimate of drug-likeness (QED) is 0.889. The molecule has 0 atom stereocenters. The van der Waals surface area contributed by atoms with Gasteiger partial charge >= 0.3 is 0 Å². The zero-order valence-corrected chi connectivity index (χ0v) is 14.3. The molecule has 4 nitrogen and oxygen atoms in total. The predicted molar refractivity (Wildman–Crippen MR) is 87.6 cm³/mol. The first-order chi connectivity index (χ1) is 9.95. The molecule has 0 aromatic carbocycles. The lowest BCUT2D eigenvalue weighted by atomic mass is 10.2. The number of pyridine rings is 1. The summed E-state index contributed by atoms with van der Waals surface area (Å²) in [6.45, 7) is 10.5. The van der Waals surface area contributed by atoms with E-state index >= 15 is 0 Å². The summed E-state index contributed by atoms with van der Waals surface area (Å²) < 4.78 is 1.90. The third-order valence-corrected chi connectivity index (χ3v) is 4.34. The van der Waals surface area contributed by atoms with E-state index in [0.717, 1.165) is 28.8 Å². The number of aryl methyl sites for hydroxylation is 3. The summed E-state index contributed by atoms with van der Waals surface area (Å²) in [6, 6.07) is 4.30. The molecular formula is C16H24N4S. The summed E-state index contributed by atoms with van der Waals surface area (Å²) in [4.78, 5) is 4.60. The van der Waals surface area contributed by atoms with Gasteiger partial charge in [-0.05, 0) is 43.5 Å². The van der Waals surface area contributed by atoms with Crippen molar-refractivity contribution in [3.63, 3.8) is 0 Å². The molecule has 114 valence electrons. The van der Waals surface area contributed by atoms with E-state index in [9.17, 15) is 0 Å². The van der Waals surface area contributed by atoms with Crippen LogP contribution in [0, 0.1) is 19.8 Å². The highest BCUT2D eigenvalue weighted by Gasteiger charge is 2.08. The van der Waals surface area contributed by atoms with Crippen molar-refractivity contribution in [2.75, 3.05) is 6.54 Å². The molecule has 0 amide bonds. The minimum Gasteiger partial charge on any atom is -0.312 e. The second-order valence-electron chi connectivity index (χ2n) is 5.84. The van der Waals surface area contributed by atoms with Crippen LogP contribution in [0.2, 0.25) is 0 Å². The van der Waals surface area contributed by atoms with Gasteiger partial charge < -0.3 is 5.32 Å². The largest absolute Gasteiger partial charge is 0.312 e. The Morgan fingerprint density at radius 1 is 1.29 bits per heavy atom. The van der Waals surface area contributed by atoms with Crippen LogP contribution >= 0.6 is 11.8 Å². The number of rotatable bonds is 6. The maximum Gasteiger partial charge on any atom is 0.105 e. The van der Waals surface area contributed by atoms with E-state index in [1.165, 1.54) is 11.1 Å². The van der Waals surface area contributed by atoms with Crippen molar-refractivity contribution >= 4 is 11.8 Å². The summed E-state index contributed by atoms with van der Waals surface area (Å²) in [7, 11) is 1.97. The standard InChI is InChI=1S/C16H24N4S/c1-11(2)8-17-9-14-6-12(3)16(18-10-14)21-15-7-13(4)19-20(15)5/h6-7,10-11,17H,8-9H2,1-5H3. The van der Waals surface area contributed by atoms with Crippen LogP contribution in [-0.4, -0.2) is 21.3 Å². The normalized spacial score (nSPS) is 11.3. The molecule has 0 saturated carbocycles. The number of nitrogens with one attached hydrogen (secondary N) is 1. The van der Waals surface area contributed by atoms with Gasteiger partial charge in [-0.2, -0.15) is 5.10 Å². The first kappa shape index (κ1) is 16.0. The van der Waals surface area contributed by atoms with Gasteiger partial charge in [-0.3, -0.25) is 4.68 Å². The van der Waals surface area contributed by atoms with E-state index in [0.29, 0.717) is 5.92 Å². The molecule has 0 unspecified atom stereocenters. The highest BCUT2D eigenvalue weighted by atomic mass is 32.2. The molecule has 0 aliphatic rings. The predicted octanol–water partition coefficient (Wildman–Crippen LogP) is 3.33. The molecule has 2 heterocycles. The van der Waals surface area contributed by atoms with Crippen molar-refractivity contribution in [1.82, 2.24) is 20.1 Å². The van der Waals surface area contributed by atoms with E-state index in [4.69, 9.17) is 0 Å². The maximum absolute atomic E-state index is 4.60. The Morgan fingerprint density at radius 2 is 2.05 bits per heavy atom. The molecular weight excluding hydrogens is 280 g/mol. The molecule has 0 fully saturated rings. The lowest BCUT2D eigenvalue weighted by molar-refractivity contribution is 0.551. The smallest absolute Gasteiger partial charge is 0.105 e. The third kappa shape index (κ3) is 4.58. The van der Waals surface area contributed by atoms with Gasteiger partial charge in [0.2, 0.25) is 0 Å². The van der Waals surface area contributed by atoms with Crippen LogP contribution in [0.5, 0.6) is 0 Å². The average Bonchev–Trinajstić information content (AvgIpc) is 2.70. The van der Waals surface area contributed by atoms with E-state index in [1.54, 1.807) is 11.8 Å². The van der Waals surface area contributed by atoms with E-state index in [-0.39, 0.29) is 0 Å². The molecule has 0 bridgehead atoms. The van der Waals surface area contributed by atoms with Crippen LogP contribution in [0.25, 0.3) is 0 Å². The topological polar surface area (TPSA) is 42.7 Å². The SMILES string of the molecule is Cc1cc(Sc2ncc(CNCC(C)C)cc2C)n(C)n1. The molecule has 5 heteroatoms. The van der Waals surface area contributed by atoms with Gasteiger partial charge in [0.1, 0.15) is 10.1 Å². The first-order valence-electron chi connectivity index (χ1n) is 7.30. The fourth-order valence-electron chi connectivity index (χ4n) is 2.11. The number of aromatic nitrogens is 3. The molecule has 2 aromatic rings. The number of hydrogen-bond acceptors (Lipinski definition) is 4. The van der Waals surface area contributed by atoms with E-state index < -0.39 is 0 Å². The van der Waals surface area contributed by atoms with Gasteiger partial charge in [-0.15, -0.1) is 0 Å². The Hall–Kier alpha value is -1.33. The summed E-state index contributed by atoms with van der Waals surface area (Å²) in [5, 5.41) is 9.98. The van der Waals surface area contributed by atoms with Gasteiger partial charge in [-0.1, -0.05) is 31.7 Å². The van der Waals surface area contributed by atoms with Crippen LogP contribution in [0.15, 0.2) is 28.4 Å². The molecule has 0 radical (unpaired) electrons. The molecule has 2 rings (SSSR count). The third-order valence-electron chi connectivity index (χ3n) is 3.13. The highest BCUT2D eigenvalue weighted by Crippen LogP contribution is 2.28. The summed E-state index contributed by atoms with van der Waals surface area (Å²) >= 11 is 1.67. The second kappa shape index (κ2) is 7.09. The summed E-state index contributed by atoms with van der Waals surface area (Å²) in [6.07, 6.45) is 1.96. The number of nitrogens with zero attached hydrogens (tertiary/aromatic N) is 3. The molecule has 0 aliphatic carbocycles. The van der Waals surface area contributed by atoms with Crippen LogP contribution < -0.4 is 5.32 Å². The number of hydrogen-bond donors (Lipinski definition) is 1. The van der Waals surface area contributed by atoms with Gasteiger partial charge in [0.05, 0.1) is 5.69 Å². The van der Waals surface area contributed by atoms with Gasteiger partial charge in [0.15, 0.2) is 0 Å². The van der Waals surface area contributed by atoms with Crippen LogP contribution in [0.1, 0.15) is 30.7 Å². The Labute approximate surface area is 131 Å². The summed E-state index contributed by atoms with van der Waals surface area (Å²) in [5.74, 6) is 0.668. The molecule has 0 saturated heterocycles. The lowest BCUT2D eigenvalue weighted by Gasteiger charge is -2.10. The van der Waals surface area contributed by atoms with E-state index in [1.807, 2.05) is 24.9 Å². The Bertz CT molecular complexity index is 604. The molecule has 1 N–H and O–H groups in total. The fourth-order valence-corrected chi connectivity index (χ4v) is 3.04. The second-order valence-corrected chi connectivity index (χ2v) is 6.85. The van der Waals surface area contributed by atoms with Crippen LogP contribution in [0.3, 0.4) is 0 Å². The van der Waals surface area contributed by atoms with Gasteiger partial charge in [-0.25, -0.2) is 4.98 Å². The Balaban J connectivity index is 2.03. The van der Waals surface area contributed by atoms with Crippen molar-refractivity contribution in [2.45, 2.75) is 44.3 Å². The van der Waals surface area contributed by atoms with Crippen molar-refractivity contribution in [3.8, 4) is 0 Å². The lowest BCUT2D eigenvalue weighted by Crippen LogP contribution is -2.19. The van der Waals surface area contributed by atoms with E-state index in [2.05, 4.69) is 48.3 Å². The monoisotopic (exact) mass is 304 g/mol. The molecule has 21 heavy (non-hydrogen) atoms.